The van der Waals surface area contributed by atoms with E-state index in [1.807, 2.05) is 0 Å². The van der Waals surface area contributed by atoms with E-state index in [2.05, 4.69) is 26.6 Å². The van der Waals surface area contributed by atoms with Crippen molar-refractivity contribution in [2.75, 3.05) is 38.5 Å². The van der Waals surface area contributed by atoms with Gasteiger partial charge in [-0.2, -0.15) is 0 Å². The van der Waals surface area contributed by atoms with Gasteiger partial charge in [0.1, 0.15) is 30.2 Å². The van der Waals surface area contributed by atoms with Gasteiger partial charge in [0, 0.05) is 12.7 Å². The third-order valence-electron chi connectivity index (χ3n) is 7.97. The number of nitrogens with two attached hydrogens (primary N) is 6. The van der Waals surface area contributed by atoms with Crippen molar-refractivity contribution in [3.8, 4) is 0 Å². The number of carbonyl (C=O) groups excluding carboxylic acids is 7. The van der Waals surface area contributed by atoms with Gasteiger partial charge in [0.2, 0.25) is 35.4 Å². The highest BCUT2D eigenvalue weighted by molar-refractivity contribution is 8.13. The summed E-state index contributed by atoms with van der Waals surface area (Å²) >= 11 is 0.828. The second-order valence-corrected chi connectivity index (χ2v) is 13.6. The van der Waals surface area contributed by atoms with E-state index in [1.54, 1.807) is 0 Å². The molecule has 20 heteroatoms. The fraction of sp³-hybridized carbons (Fsp3) is 0.781. The molecule has 0 rings (SSSR count). The molecule has 6 atom stereocenters. The summed E-state index contributed by atoms with van der Waals surface area (Å²) in [6.45, 7) is 1.90. The van der Waals surface area contributed by atoms with Gasteiger partial charge >= 0.3 is 0 Å². The Bertz CT molecular complexity index is 1120. The average Bonchev–Trinajstić information content (AvgIpc) is 3.10. The van der Waals surface area contributed by atoms with E-state index in [1.165, 1.54) is 6.92 Å². The Morgan fingerprint density at radius 2 is 0.827 bits per heavy atom. The molecule has 0 saturated carbocycles. The molecule has 0 unspecified atom stereocenters. The zero-order valence-corrected chi connectivity index (χ0v) is 31.2. The van der Waals surface area contributed by atoms with Crippen LogP contribution in [0.1, 0.15) is 84.0 Å². The summed E-state index contributed by atoms with van der Waals surface area (Å²) < 4.78 is 0. The zero-order valence-electron chi connectivity index (χ0n) is 30.4. The van der Waals surface area contributed by atoms with E-state index in [0.29, 0.717) is 77.5 Å². The number of hydrogen-bond acceptors (Lipinski definition) is 14. The highest BCUT2D eigenvalue weighted by atomic mass is 32.2. The maximum absolute atomic E-state index is 13.7. The van der Waals surface area contributed by atoms with Crippen LogP contribution >= 0.6 is 11.8 Å². The van der Waals surface area contributed by atoms with Gasteiger partial charge in [0.25, 0.3) is 0 Å². The summed E-state index contributed by atoms with van der Waals surface area (Å²) in [5, 5.41) is 22.5. The number of primary amides is 1. The number of carbonyl (C=O) groups is 7. The van der Waals surface area contributed by atoms with Gasteiger partial charge in [-0.3, -0.25) is 33.6 Å². The zero-order chi connectivity index (χ0) is 39.5. The second-order valence-electron chi connectivity index (χ2n) is 12.4. The van der Waals surface area contributed by atoms with Gasteiger partial charge < -0.3 is 66.1 Å². The topological polar surface area (TPSA) is 356 Å². The Morgan fingerprint density at radius 3 is 1.13 bits per heavy atom. The van der Waals surface area contributed by atoms with Crippen molar-refractivity contribution in [2.45, 2.75) is 120 Å². The molecule has 300 valence electrons. The summed E-state index contributed by atoms with van der Waals surface area (Å²) in [5.41, 5.74) is 33.8. The lowest BCUT2D eigenvalue weighted by Crippen LogP contribution is -2.60. The maximum atomic E-state index is 13.7. The lowest BCUT2D eigenvalue weighted by molar-refractivity contribution is -0.135. The van der Waals surface area contributed by atoms with Crippen molar-refractivity contribution in [3.63, 3.8) is 0 Å². The summed E-state index contributed by atoms with van der Waals surface area (Å²) in [6, 6.07) is -7.04. The molecule has 0 saturated heterocycles. The monoisotopic (exact) mass is 761 g/mol. The molecule has 0 aliphatic carbocycles. The largest absolute Gasteiger partial charge is 0.394 e. The average molecular weight is 762 g/mol. The quantitative estimate of drug-likeness (QED) is 0.0311. The van der Waals surface area contributed by atoms with Crippen molar-refractivity contribution >= 4 is 52.3 Å². The molecular formula is C32H63N11O8S. The minimum absolute atomic E-state index is 0.0469. The SMILES string of the molecule is CC(=O)SC[C@H](N)C(=O)N[C@@H](CO)C(=O)N[C@@H](CCCCN)C(=O)N[C@@H](CCCCN)C(=O)N[C@@H](CCCCN)C(=O)N[C@@H](CCCCN)C(N)=O. The highest BCUT2D eigenvalue weighted by Gasteiger charge is 2.32. The first-order valence-electron chi connectivity index (χ1n) is 17.9. The van der Waals surface area contributed by atoms with Crippen LogP contribution in [0.3, 0.4) is 0 Å². The van der Waals surface area contributed by atoms with Crippen molar-refractivity contribution in [1.82, 2.24) is 26.6 Å². The molecule has 52 heavy (non-hydrogen) atoms. The van der Waals surface area contributed by atoms with Crippen LogP contribution in [0.4, 0.5) is 0 Å². The molecule has 6 amide bonds. The predicted octanol–water partition coefficient (Wildman–Crippen LogP) is -3.99. The molecule has 19 nitrogen and oxygen atoms in total. The number of aliphatic hydroxyl groups is 1. The third kappa shape index (κ3) is 21.2. The van der Waals surface area contributed by atoms with Gasteiger partial charge in [-0.05, 0) is 103 Å². The molecule has 0 aromatic heterocycles. The first-order valence-corrected chi connectivity index (χ1v) is 18.9. The molecule has 0 heterocycles. The van der Waals surface area contributed by atoms with E-state index in [0.717, 1.165) is 11.8 Å². The normalized spacial score (nSPS) is 14.5. The lowest BCUT2D eigenvalue weighted by Gasteiger charge is -2.27. The van der Waals surface area contributed by atoms with E-state index in [-0.39, 0.29) is 36.6 Å². The fourth-order valence-corrected chi connectivity index (χ4v) is 5.47. The molecule has 0 aliphatic rings. The van der Waals surface area contributed by atoms with E-state index < -0.39 is 78.3 Å². The summed E-state index contributed by atoms with van der Waals surface area (Å²) in [6.07, 6.45) is 4.82. The lowest BCUT2D eigenvalue weighted by atomic mass is 10.0. The number of aliphatic hydroxyl groups excluding tert-OH is 1. The van der Waals surface area contributed by atoms with E-state index in [9.17, 15) is 38.7 Å². The van der Waals surface area contributed by atoms with Crippen molar-refractivity contribution < 1.29 is 38.7 Å². The number of thioether (sulfide) groups is 1. The summed E-state index contributed by atoms with van der Waals surface area (Å²) in [7, 11) is 0. The van der Waals surface area contributed by atoms with Crippen molar-refractivity contribution in [1.29, 1.82) is 0 Å². The van der Waals surface area contributed by atoms with Crippen LogP contribution in [0, 0.1) is 0 Å². The van der Waals surface area contributed by atoms with Crippen LogP contribution in [0.5, 0.6) is 0 Å². The Morgan fingerprint density at radius 1 is 0.519 bits per heavy atom. The molecular weight excluding hydrogens is 698 g/mol. The van der Waals surface area contributed by atoms with Crippen LogP contribution in [-0.4, -0.2) is 120 Å². The molecule has 0 spiro atoms. The Kier molecular flexibility index (Phi) is 27.2. The van der Waals surface area contributed by atoms with Crippen LogP contribution < -0.4 is 61.0 Å². The summed E-state index contributed by atoms with van der Waals surface area (Å²) in [5.74, 6) is -4.48. The molecule has 0 aliphatic heterocycles. The molecule has 0 aromatic rings. The molecule has 0 aromatic carbocycles. The smallest absolute Gasteiger partial charge is 0.245 e. The molecule has 0 radical (unpaired) electrons. The maximum Gasteiger partial charge on any atom is 0.245 e. The van der Waals surface area contributed by atoms with Gasteiger partial charge in [-0.1, -0.05) is 11.8 Å². The minimum atomic E-state index is -1.47. The van der Waals surface area contributed by atoms with Crippen molar-refractivity contribution in [2.24, 2.45) is 34.4 Å². The molecule has 18 N–H and O–H groups in total. The third-order valence-corrected chi connectivity index (χ3v) is 8.90. The second kappa shape index (κ2) is 29.1. The van der Waals surface area contributed by atoms with Crippen LogP contribution in [0.15, 0.2) is 0 Å². The van der Waals surface area contributed by atoms with Crippen LogP contribution in [0.2, 0.25) is 0 Å². The molecule has 0 bridgehead atoms. The van der Waals surface area contributed by atoms with Crippen LogP contribution in [0.25, 0.3) is 0 Å². The number of amides is 6. The standard InChI is InChI=1S/C32H63N11O8S/c1-20(45)52-19-21(37)28(47)43-26(18-44)32(51)42-25(13-5-9-17-36)31(50)41-24(12-4-8-16-35)30(49)40-23(11-3-7-15-34)29(48)39-22(27(38)46)10-2-6-14-33/h21-26,44H,2-19,33-37H2,1H3,(H2,38,46)(H,39,48)(H,40,49)(H,41,50)(H,42,51)(H,43,47)/t21-,22-,23-,24-,25-,26-/m0/s1. The van der Waals surface area contributed by atoms with E-state index >= 15 is 0 Å². The Balaban J connectivity index is 6.06. The minimum Gasteiger partial charge on any atom is -0.394 e. The summed E-state index contributed by atoms with van der Waals surface area (Å²) in [4.78, 5) is 89.7. The molecule has 0 fully saturated rings. The number of nitrogens with one attached hydrogen (secondary N) is 5. The number of unbranched alkanes of at least 4 members (excludes halogenated alkanes) is 4. The predicted molar refractivity (Wildman–Crippen MR) is 199 cm³/mol. The Labute approximate surface area is 310 Å². The first kappa shape index (κ1) is 48.6. The number of rotatable bonds is 30. The van der Waals surface area contributed by atoms with E-state index in [4.69, 9.17) is 34.4 Å². The Hall–Kier alpha value is -3.40. The highest BCUT2D eigenvalue weighted by Crippen LogP contribution is 2.09. The van der Waals surface area contributed by atoms with Gasteiger partial charge in [-0.25, -0.2) is 0 Å². The van der Waals surface area contributed by atoms with Gasteiger partial charge in [-0.15, -0.1) is 0 Å². The van der Waals surface area contributed by atoms with Crippen molar-refractivity contribution in [3.05, 3.63) is 0 Å². The van der Waals surface area contributed by atoms with Crippen LogP contribution in [-0.2, 0) is 33.6 Å². The number of hydrogen-bond donors (Lipinski definition) is 12. The first-order chi connectivity index (χ1) is 24.7. The fourth-order valence-electron chi connectivity index (χ4n) is 4.91. The van der Waals surface area contributed by atoms with Gasteiger partial charge in [0.05, 0.1) is 12.6 Å². The van der Waals surface area contributed by atoms with Gasteiger partial charge in [0.15, 0.2) is 5.12 Å².